The molecule has 0 radical (unpaired) electrons. The van der Waals surface area contributed by atoms with Crippen LogP contribution in [0.3, 0.4) is 0 Å². The van der Waals surface area contributed by atoms with Gasteiger partial charge in [-0.15, -0.1) is 11.3 Å². The molecular formula is C10H11N3O2S2. The Morgan fingerprint density at radius 2 is 2.24 bits per heavy atom. The van der Waals surface area contributed by atoms with E-state index in [0.717, 1.165) is 5.01 Å². The molecule has 2 aromatic rings. The Morgan fingerprint density at radius 1 is 1.47 bits per heavy atom. The summed E-state index contributed by atoms with van der Waals surface area (Å²) in [6, 6.07) is 1.41. The molecule has 0 fully saturated rings. The zero-order chi connectivity index (χ0) is 12.5. The van der Waals surface area contributed by atoms with E-state index in [4.69, 9.17) is 5.73 Å². The summed E-state index contributed by atoms with van der Waals surface area (Å²) in [6.07, 6.45) is 2.74. The normalized spacial score (nSPS) is 11.6. The van der Waals surface area contributed by atoms with Gasteiger partial charge in [0.2, 0.25) is 0 Å². The first-order chi connectivity index (χ1) is 7.99. The molecule has 0 aliphatic heterocycles. The Labute approximate surface area is 103 Å². The number of rotatable bonds is 3. The van der Waals surface area contributed by atoms with E-state index in [1.165, 1.54) is 29.8 Å². The van der Waals surface area contributed by atoms with Crippen molar-refractivity contribution in [1.29, 1.82) is 0 Å². The van der Waals surface area contributed by atoms with Crippen molar-refractivity contribution in [1.82, 2.24) is 9.97 Å². The lowest BCUT2D eigenvalue weighted by atomic mass is 10.4. The summed E-state index contributed by atoms with van der Waals surface area (Å²) in [7, 11) is -3.45. The number of nitrogen functional groups attached to an aromatic ring is 1. The van der Waals surface area contributed by atoms with Gasteiger partial charge in [0.15, 0.2) is 9.84 Å². The van der Waals surface area contributed by atoms with E-state index in [9.17, 15) is 8.42 Å². The molecule has 0 saturated heterocycles. The average Bonchev–Trinajstić information content (AvgIpc) is 2.63. The molecule has 2 rings (SSSR count). The molecule has 2 N–H and O–H groups in total. The van der Waals surface area contributed by atoms with Crippen LogP contribution < -0.4 is 5.73 Å². The van der Waals surface area contributed by atoms with E-state index in [2.05, 4.69) is 9.97 Å². The molecule has 7 heteroatoms. The van der Waals surface area contributed by atoms with Gasteiger partial charge in [-0.1, -0.05) is 0 Å². The van der Waals surface area contributed by atoms with E-state index in [1.54, 1.807) is 5.38 Å². The van der Waals surface area contributed by atoms with Crippen LogP contribution in [0.2, 0.25) is 0 Å². The number of hydrogen-bond acceptors (Lipinski definition) is 6. The van der Waals surface area contributed by atoms with Crippen molar-refractivity contribution in [2.75, 3.05) is 5.73 Å². The topological polar surface area (TPSA) is 85.9 Å². The fraction of sp³-hybridized carbons (Fsp3) is 0.200. The highest BCUT2D eigenvalue weighted by Gasteiger charge is 2.19. The Bertz CT molecular complexity index is 635. The largest absolute Gasteiger partial charge is 0.396 e. The quantitative estimate of drug-likeness (QED) is 0.910. The Morgan fingerprint density at radius 3 is 2.82 bits per heavy atom. The van der Waals surface area contributed by atoms with E-state index in [0.29, 0.717) is 5.69 Å². The number of aromatic nitrogens is 2. The van der Waals surface area contributed by atoms with Crippen molar-refractivity contribution in [2.24, 2.45) is 0 Å². The maximum absolute atomic E-state index is 12.1. The average molecular weight is 269 g/mol. The molecule has 0 saturated carbocycles. The SMILES string of the molecule is Cc1nc(CS(=O)(=O)c2ccncc2N)cs1. The molecule has 0 aromatic carbocycles. The third-order valence-electron chi connectivity index (χ3n) is 2.15. The van der Waals surface area contributed by atoms with Crippen LogP contribution in [-0.2, 0) is 15.6 Å². The molecule has 90 valence electrons. The van der Waals surface area contributed by atoms with Gasteiger partial charge in [-0.3, -0.25) is 4.98 Å². The summed E-state index contributed by atoms with van der Waals surface area (Å²) in [5, 5.41) is 2.59. The van der Waals surface area contributed by atoms with Gasteiger partial charge in [0.25, 0.3) is 0 Å². The smallest absolute Gasteiger partial charge is 0.186 e. The lowest BCUT2D eigenvalue weighted by Gasteiger charge is -2.04. The maximum Gasteiger partial charge on any atom is 0.186 e. The fourth-order valence-electron chi connectivity index (χ4n) is 1.42. The van der Waals surface area contributed by atoms with Crippen LogP contribution in [-0.4, -0.2) is 18.4 Å². The second-order valence-corrected chi connectivity index (χ2v) is 6.55. The summed E-state index contributed by atoms with van der Waals surface area (Å²) < 4.78 is 24.2. The molecule has 0 atom stereocenters. The van der Waals surface area contributed by atoms with Crippen LogP contribution in [0.1, 0.15) is 10.7 Å². The van der Waals surface area contributed by atoms with Crippen LogP contribution in [0, 0.1) is 6.92 Å². The third kappa shape index (κ3) is 2.62. The number of nitrogens with two attached hydrogens (primary N) is 1. The number of sulfone groups is 1. The molecule has 0 bridgehead atoms. The van der Waals surface area contributed by atoms with Crippen molar-refractivity contribution in [3.8, 4) is 0 Å². The fourth-order valence-corrected chi connectivity index (χ4v) is 3.51. The number of pyridine rings is 1. The van der Waals surface area contributed by atoms with E-state index >= 15 is 0 Å². The number of hydrogen-bond donors (Lipinski definition) is 1. The molecular weight excluding hydrogens is 258 g/mol. The molecule has 0 aliphatic carbocycles. The standard InChI is InChI=1S/C10H11N3O2S2/c1-7-13-8(5-16-7)6-17(14,15)10-2-3-12-4-9(10)11/h2-5H,6,11H2,1H3. The van der Waals surface area contributed by atoms with Gasteiger partial charge in [0.05, 0.1) is 33.2 Å². The molecule has 0 amide bonds. The predicted octanol–water partition coefficient (Wildman–Crippen LogP) is 1.40. The first kappa shape index (κ1) is 12.0. The number of anilines is 1. The van der Waals surface area contributed by atoms with Crippen LogP contribution in [0.25, 0.3) is 0 Å². The molecule has 0 unspecified atom stereocenters. The molecule has 17 heavy (non-hydrogen) atoms. The zero-order valence-electron chi connectivity index (χ0n) is 9.12. The minimum absolute atomic E-state index is 0.109. The van der Waals surface area contributed by atoms with E-state index < -0.39 is 9.84 Å². The van der Waals surface area contributed by atoms with Crippen molar-refractivity contribution in [3.63, 3.8) is 0 Å². The highest BCUT2D eigenvalue weighted by atomic mass is 32.2. The summed E-state index contributed by atoms with van der Waals surface area (Å²) >= 11 is 1.43. The number of thiazole rings is 1. The van der Waals surface area contributed by atoms with Gasteiger partial charge in [-0.05, 0) is 13.0 Å². The zero-order valence-corrected chi connectivity index (χ0v) is 10.8. The lowest BCUT2D eigenvalue weighted by Crippen LogP contribution is -2.08. The van der Waals surface area contributed by atoms with E-state index in [1.807, 2.05) is 6.92 Å². The Hall–Kier alpha value is -1.47. The lowest BCUT2D eigenvalue weighted by molar-refractivity contribution is 0.595. The maximum atomic E-state index is 12.1. The van der Waals surface area contributed by atoms with Gasteiger partial charge < -0.3 is 5.73 Å². The molecule has 2 heterocycles. The molecule has 5 nitrogen and oxygen atoms in total. The third-order valence-corrected chi connectivity index (χ3v) is 4.69. The number of nitrogens with zero attached hydrogens (tertiary/aromatic N) is 2. The van der Waals surface area contributed by atoms with Gasteiger partial charge in [-0.25, -0.2) is 13.4 Å². The van der Waals surface area contributed by atoms with Crippen LogP contribution in [0.5, 0.6) is 0 Å². The monoisotopic (exact) mass is 269 g/mol. The van der Waals surface area contributed by atoms with Crippen molar-refractivity contribution in [3.05, 3.63) is 34.5 Å². The molecule has 2 aromatic heterocycles. The van der Waals surface area contributed by atoms with Crippen LogP contribution in [0.15, 0.2) is 28.7 Å². The highest BCUT2D eigenvalue weighted by molar-refractivity contribution is 7.90. The first-order valence-electron chi connectivity index (χ1n) is 4.82. The molecule has 0 aliphatic rings. The van der Waals surface area contributed by atoms with Gasteiger partial charge in [0, 0.05) is 11.6 Å². The van der Waals surface area contributed by atoms with Crippen LogP contribution >= 0.6 is 11.3 Å². The first-order valence-corrected chi connectivity index (χ1v) is 7.35. The highest BCUT2D eigenvalue weighted by Crippen LogP contribution is 2.21. The summed E-state index contributed by atoms with van der Waals surface area (Å²) in [6.45, 7) is 1.83. The molecule has 0 spiro atoms. The predicted molar refractivity (Wildman–Crippen MR) is 66.4 cm³/mol. The van der Waals surface area contributed by atoms with Gasteiger partial charge >= 0.3 is 0 Å². The summed E-state index contributed by atoms with van der Waals surface area (Å²) in [4.78, 5) is 8.01. The Kier molecular flexibility index (Phi) is 3.12. The second-order valence-electron chi connectivity index (χ2n) is 3.53. The van der Waals surface area contributed by atoms with Crippen molar-refractivity contribution in [2.45, 2.75) is 17.6 Å². The van der Waals surface area contributed by atoms with Gasteiger partial charge in [-0.2, -0.15) is 0 Å². The second kappa shape index (κ2) is 4.42. The minimum atomic E-state index is -3.45. The van der Waals surface area contributed by atoms with Gasteiger partial charge in [0.1, 0.15) is 0 Å². The number of aryl methyl sites for hydroxylation is 1. The van der Waals surface area contributed by atoms with Crippen LogP contribution in [0.4, 0.5) is 5.69 Å². The van der Waals surface area contributed by atoms with Crippen molar-refractivity contribution >= 4 is 26.9 Å². The Balaban J connectivity index is 2.35. The summed E-state index contributed by atoms with van der Waals surface area (Å²) in [5.74, 6) is -0.133. The summed E-state index contributed by atoms with van der Waals surface area (Å²) in [5.41, 5.74) is 6.32. The minimum Gasteiger partial charge on any atom is -0.396 e. The van der Waals surface area contributed by atoms with E-state index in [-0.39, 0.29) is 16.3 Å². The van der Waals surface area contributed by atoms with Crippen molar-refractivity contribution < 1.29 is 8.42 Å².